The fourth-order valence-corrected chi connectivity index (χ4v) is 5.95. The van der Waals surface area contributed by atoms with Crippen molar-refractivity contribution in [2.24, 2.45) is 0 Å². The van der Waals surface area contributed by atoms with E-state index in [-0.39, 0.29) is 22.7 Å². The van der Waals surface area contributed by atoms with E-state index in [9.17, 15) is 14.7 Å². The number of aliphatic hydroxyl groups excluding tert-OH is 1. The number of hydrogen-bond acceptors (Lipinski definition) is 7. The third-order valence-electron chi connectivity index (χ3n) is 7.07. The summed E-state index contributed by atoms with van der Waals surface area (Å²) in [6.45, 7) is 12.9. The number of Topliss-reactive ketones (excluding diaryl/α,β-unsaturated/α-hetero) is 1. The Balaban J connectivity index is 1.68. The van der Waals surface area contributed by atoms with Gasteiger partial charge in [0.25, 0.3) is 5.78 Å². The number of aliphatic hydroxyl groups is 1. The van der Waals surface area contributed by atoms with Gasteiger partial charge in [0.05, 0.1) is 28.1 Å². The van der Waals surface area contributed by atoms with Crippen LogP contribution in [-0.2, 0) is 15.0 Å². The predicted molar refractivity (Wildman–Crippen MR) is 159 cm³/mol. The van der Waals surface area contributed by atoms with Gasteiger partial charge in [-0.05, 0) is 71.8 Å². The Bertz CT molecular complexity index is 1630. The van der Waals surface area contributed by atoms with E-state index in [1.54, 1.807) is 36.5 Å². The van der Waals surface area contributed by atoms with Crippen molar-refractivity contribution in [3.05, 3.63) is 88.8 Å². The van der Waals surface area contributed by atoms with E-state index < -0.39 is 17.7 Å². The number of benzene rings is 2. The molecule has 1 amide bonds. The van der Waals surface area contributed by atoms with Gasteiger partial charge in [0.1, 0.15) is 17.6 Å². The molecule has 4 aromatic rings. The molecular weight excluding hydrogens is 522 g/mol. The Labute approximate surface area is 238 Å². The van der Waals surface area contributed by atoms with Gasteiger partial charge in [0, 0.05) is 11.8 Å². The first-order valence-electron chi connectivity index (χ1n) is 13.4. The lowest BCUT2D eigenvalue weighted by Gasteiger charge is -2.22. The lowest BCUT2D eigenvalue weighted by atomic mass is 9.87. The van der Waals surface area contributed by atoms with Crippen molar-refractivity contribution in [2.45, 2.75) is 58.9 Å². The molecule has 1 saturated heterocycles. The minimum atomic E-state index is -0.932. The van der Waals surface area contributed by atoms with Crippen molar-refractivity contribution in [1.29, 1.82) is 0 Å². The molecule has 206 valence electrons. The molecule has 0 bridgehead atoms. The Morgan fingerprint density at radius 3 is 2.52 bits per heavy atom. The number of rotatable bonds is 6. The van der Waals surface area contributed by atoms with Gasteiger partial charge in [0.2, 0.25) is 0 Å². The predicted octanol–water partition coefficient (Wildman–Crippen LogP) is 7.14. The van der Waals surface area contributed by atoms with Gasteiger partial charge in [-0.25, -0.2) is 4.98 Å². The first kappa shape index (κ1) is 27.5. The summed E-state index contributed by atoms with van der Waals surface area (Å²) in [5, 5.41) is 12.0. The number of nitrogens with zero attached hydrogens (tertiary/aromatic N) is 3. The monoisotopic (exact) mass is 555 g/mol. The van der Waals surface area contributed by atoms with Crippen LogP contribution in [0.3, 0.4) is 0 Å². The molecule has 1 N–H and O–H groups in total. The van der Waals surface area contributed by atoms with Gasteiger partial charge in [-0.3, -0.25) is 19.5 Å². The summed E-state index contributed by atoms with van der Waals surface area (Å²) >= 11 is 1.35. The van der Waals surface area contributed by atoms with Crippen molar-refractivity contribution in [3.8, 4) is 5.75 Å². The van der Waals surface area contributed by atoms with Crippen molar-refractivity contribution in [2.75, 3.05) is 11.5 Å². The van der Waals surface area contributed by atoms with Crippen LogP contribution in [0.15, 0.2) is 66.4 Å². The van der Waals surface area contributed by atoms with Crippen LogP contribution in [0.4, 0.5) is 5.13 Å². The average Bonchev–Trinajstić information content (AvgIpc) is 3.46. The maximum atomic E-state index is 13.6. The summed E-state index contributed by atoms with van der Waals surface area (Å²) in [7, 11) is 0. The standard InChI is InChI=1S/C32H33N3O4S/c1-7-39-24-14-11-19(16-21(24)18(2)3)28(36)26-27(23-10-8-9-15-33-23)35(30(38)29(26)37)31-34-22-13-12-20(32(4,5)6)17-25(22)40-31/h8-18,27,36H,7H2,1-6H3/b28-26+. The number of hydrogen-bond donors (Lipinski definition) is 1. The highest BCUT2D eigenvalue weighted by Crippen LogP contribution is 2.44. The van der Waals surface area contributed by atoms with Gasteiger partial charge in [-0.1, -0.05) is 58.1 Å². The van der Waals surface area contributed by atoms with Crippen LogP contribution < -0.4 is 9.64 Å². The van der Waals surface area contributed by atoms with E-state index >= 15 is 0 Å². The summed E-state index contributed by atoms with van der Waals surface area (Å²) in [5.74, 6) is -0.938. The van der Waals surface area contributed by atoms with E-state index in [0.717, 1.165) is 27.1 Å². The first-order valence-corrected chi connectivity index (χ1v) is 14.2. The van der Waals surface area contributed by atoms with Crippen molar-refractivity contribution in [3.63, 3.8) is 0 Å². The zero-order valence-corrected chi connectivity index (χ0v) is 24.4. The molecule has 40 heavy (non-hydrogen) atoms. The molecule has 7 nitrogen and oxygen atoms in total. The Kier molecular flexibility index (Phi) is 7.23. The minimum absolute atomic E-state index is 0.0165. The maximum absolute atomic E-state index is 13.6. The summed E-state index contributed by atoms with van der Waals surface area (Å²) in [4.78, 5) is 37.8. The minimum Gasteiger partial charge on any atom is -0.507 e. The number of ketones is 1. The maximum Gasteiger partial charge on any atom is 0.301 e. The molecular formula is C32H33N3O4S. The summed E-state index contributed by atoms with van der Waals surface area (Å²) < 4.78 is 6.69. The fraction of sp³-hybridized carbons (Fsp3) is 0.312. The molecule has 1 aliphatic rings. The third-order valence-corrected chi connectivity index (χ3v) is 8.08. The smallest absolute Gasteiger partial charge is 0.301 e. The Hall–Kier alpha value is -4.04. The number of anilines is 1. The SMILES string of the molecule is CCOc1ccc(/C(O)=C2\C(=O)C(=O)N(c3nc4ccc(C(C)(C)C)cc4s3)C2c2ccccn2)cc1C(C)C. The second kappa shape index (κ2) is 10.5. The van der Waals surface area contributed by atoms with Crippen LogP contribution in [0.25, 0.3) is 16.0 Å². The van der Waals surface area contributed by atoms with E-state index in [1.165, 1.54) is 16.2 Å². The highest BCUT2D eigenvalue weighted by Gasteiger charge is 2.49. The van der Waals surface area contributed by atoms with Crippen molar-refractivity contribution in [1.82, 2.24) is 9.97 Å². The van der Waals surface area contributed by atoms with Crippen LogP contribution in [0.5, 0.6) is 5.75 Å². The summed E-state index contributed by atoms with van der Waals surface area (Å²) in [6.07, 6.45) is 1.61. The molecule has 2 aromatic carbocycles. The van der Waals surface area contributed by atoms with Gasteiger partial charge in [0.15, 0.2) is 5.13 Å². The van der Waals surface area contributed by atoms with Crippen LogP contribution in [-0.4, -0.2) is 33.4 Å². The zero-order chi connectivity index (χ0) is 28.8. The second-order valence-electron chi connectivity index (χ2n) is 11.2. The van der Waals surface area contributed by atoms with E-state index in [0.29, 0.717) is 23.0 Å². The quantitative estimate of drug-likeness (QED) is 0.154. The molecule has 1 unspecified atom stereocenters. The summed E-state index contributed by atoms with van der Waals surface area (Å²) in [5.41, 5.74) is 3.62. The highest BCUT2D eigenvalue weighted by atomic mass is 32.1. The number of aromatic nitrogens is 2. The third kappa shape index (κ3) is 4.88. The molecule has 0 aliphatic carbocycles. The Morgan fingerprint density at radius 2 is 1.88 bits per heavy atom. The molecule has 0 spiro atoms. The normalized spacial score (nSPS) is 17.3. The molecule has 1 atom stereocenters. The van der Waals surface area contributed by atoms with E-state index in [2.05, 4.69) is 31.8 Å². The molecule has 2 aromatic heterocycles. The number of carbonyl (C=O) groups is 2. The first-order chi connectivity index (χ1) is 19.0. The van der Waals surface area contributed by atoms with Gasteiger partial charge < -0.3 is 9.84 Å². The molecule has 8 heteroatoms. The largest absolute Gasteiger partial charge is 0.507 e. The number of carbonyl (C=O) groups excluding carboxylic acids is 2. The second-order valence-corrected chi connectivity index (χ2v) is 12.2. The van der Waals surface area contributed by atoms with Gasteiger partial charge in [-0.2, -0.15) is 0 Å². The number of amides is 1. The van der Waals surface area contributed by atoms with E-state index in [4.69, 9.17) is 9.72 Å². The lowest BCUT2D eigenvalue weighted by molar-refractivity contribution is -0.132. The van der Waals surface area contributed by atoms with E-state index in [1.807, 2.05) is 39.0 Å². The molecule has 0 radical (unpaired) electrons. The van der Waals surface area contributed by atoms with Crippen molar-refractivity contribution < 1.29 is 19.4 Å². The van der Waals surface area contributed by atoms with Gasteiger partial charge >= 0.3 is 5.91 Å². The summed E-state index contributed by atoms with van der Waals surface area (Å²) in [6, 6.07) is 15.8. The average molecular weight is 556 g/mol. The highest BCUT2D eigenvalue weighted by molar-refractivity contribution is 7.22. The number of ether oxygens (including phenoxy) is 1. The van der Waals surface area contributed by atoms with Gasteiger partial charge in [-0.15, -0.1) is 0 Å². The Morgan fingerprint density at radius 1 is 1.10 bits per heavy atom. The van der Waals surface area contributed by atoms with Crippen LogP contribution in [0.2, 0.25) is 0 Å². The number of pyridine rings is 1. The topological polar surface area (TPSA) is 92.6 Å². The lowest BCUT2D eigenvalue weighted by Crippen LogP contribution is -2.29. The molecule has 3 heterocycles. The molecule has 5 rings (SSSR count). The zero-order valence-electron chi connectivity index (χ0n) is 23.6. The van der Waals surface area contributed by atoms with Crippen LogP contribution in [0, 0.1) is 0 Å². The fourth-order valence-electron chi connectivity index (χ4n) is 4.92. The van der Waals surface area contributed by atoms with Crippen LogP contribution >= 0.6 is 11.3 Å². The number of thiazole rings is 1. The molecule has 0 saturated carbocycles. The number of fused-ring (bicyclic) bond motifs is 1. The van der Waals surface area contributed by atoms with Crippen molar-refractivity contribution >= 4 is 44.1 Å². The molecule has 1 aliphatic heterocycles. The van der Waals surface area contributed by atoms with Crippen LogP contribution in [0.1, 0.15) is 75.9 Å². The molecule has 1 fully saturated rings.